The van der Waals surface area contributed by atoms with Gasteiger partial charge in [-0.1, -0.05) is 33.1 Å². The minimum absolute atomic E-state index is 0.148. The molecule has 0 aliphatic rings. The third-order valence-corrected chi connectivity index (χ3v) is 3.42. The van der Waals surface area contributed by atoms with Gasteiger partial charge in [-0.25, -0.2) is 4.98 Å². The van der Waals surface area contributed by atoms with E-state index in [1.807, 2.05) is 0 Å². The maximum atomic E-state index is 6.34. The third-order valence-electron chi connectivity index (χ3n) is 3.42. The fraction of sp³-hybridized carbons (Fsp3) is 0.714. The topological polar surface area (TPSA) is 70.3 Å². The standard InChI is InChI=1S/C14H25N3O2/c1-5-7-8-10(6-2)12(15)13-14(19-4)17-11(18-3)9-16-13/h9-10,12H,5-8,15H2,1-4H3. The quantitative estimate of drug-likeness (QED) is 0.784. The molecule has 0 aromatic carbocycles. The molecule has 0 radical (unpaired) electrons. The first-order valence-corrected chi connectivity index (χ1v) is 6.88. The highest BCUT2D eigenvalue weighted by Gasteiger charge is 2.23. The van der Waals surface area contributed by atoms with Crippen LogP contribution in [0, 0.1) is 5.92 Å². The molecule has 1 aromatic heterocycles. The number of unbranched alkanes of at least 4 members (excludes halogenated alkanes) is 1. The summed E-state index contributed by atoms with van der Waals surface area (Å²) >= 11 is 0. The number of methoxy groups -OCH3 is 2. The molecule has 1 heterocycles. The van der Waals surface area contributed by atoms with E-state index in [4.69, 9.17) is 15.2 Å². The Morgan fingerprint density at radius 3 is 2.53 bits per heavy atom. The summed E-state index contributed by atoms with van der Waals surface area (Å²) in [7, 11) is 3.13. The van der Waals surface area contributed by atoms with Gasteiger partial charge in [-0.3, -0.25) is 0 Å². The van der Waals surface area contributed by atoms with E-state index in [1.54, 1.807) is 20.4 Å². The van der Waals surface area contributed by atoms with Crippen LogP contribution in [0.2, 0.25) is 0 Å². The van der Waals surface area contributed by atoms with E-state index in [1.165, 1.54) is 12.8 Å². The van der Waals surface area contributed by atoms with Gasteiger partial charge in [0.2, 0.25) is 11.8 Å². The fourth-order valence-electron chi connectivity index (χ4n) is 2.17. The van der Waals surface area contributed by atoms with E-state index in [0.29, 0.717) is 23.4 Å². The lowest BCUT2D eigenvalue weighted by Crippen LogP contribution is -2.23. The number of rotatable bonds is 8. The summed E-state index contributed by atoms with van der Waals surface area (Å²) in [6.45, 7) is 4.34. The van der Waals surface area contributed by atoms with Crippen LogP contribution in [0.1, 0.15) is 51.3 Å². The summed E-state index contributed by atoms with van der Waals surface area (Å²) in [6.07, 6.45) is 6.07. The average molecular weight is 267 g/mol. The van der Waals surface area contributed by atoms with E-state index in [9.17, 15) is 0 Å². The molecule has 0 bridgehead atoms. The Morgan fingerprint density at radius 2 is 2.00 bits per heavy atom. The smallest absolute Gasteiger partial charge is 0.240 e. The highest BCUT2D eigenvalue weighted by atomic mass is 16.5. The van der Waals surface area contributed by atoms with Gasteiger partial charge in [0, 0.05) is 0 Å². The zero-order chi connectivity index (χ0) is 14.3. The van der Waals surface area contributed by atoms with Crippen molar-refractivity contribution in [3.05, 3.63) is 11.9 Å². The molecular formula is C14H25N3O2. The van der Waals surface area contributed by atoms with Gasteiger partial charge >= 0.3 is 0 Å². The minimum atomic E-state index is -0.148. The van der Waals surface area contributed by atoms with Gasteiger partial charge in [-0.2, -0.15) is 4.98 Å². The molecule has 0 saturated carbocycles. The predicted molar refractivity (Wildman–Crippen MR) is 75.4 cm³/mol. The molecule has 2 unspecified atom stereocenters. The van der Waals surface area contributed by atoms with Crippen molar-refractivity contribution in [1.82, 2.24) is 9.97 Å². The Bertz CT molecular complexity index is 385. The molecule has 19 heavy (non-hydrogen) atoms. The first-order valence-electron chi connectivity index (χ1n) is 6.88. The van der Waals surface area contributed by atoms with Crippen LogP contribution in [-0.4, -0.2) is 24.2 Å². The van der Waals surface area contributed by atoms with Crippen molar-refractivity contribution in [3.8, 4) is 11.8 Å². The van der Waals surface area contributed by atoms with Crippen molar-refractivity contribution in [3.63, 3.8) is 0 Å². The van der Waals surface area contributed by atoms with E-state index in [2.05, 4.69) is 23.8 Å². The molecule has 0 aliphatic heterocycles. The number of ether oxygens (including phenoxy) is 2. The second kappa shape index (κ2) is 7.94. The molecule has 0 saturated heterocycles. The first-order chi connectivity index (χ1) is 9.17. The number of aromatic nitrogens is 2. The summed E-state index contributed by atoms with van der Waals surface area (Å²) in [4.78, 5) is 8.60. The number of nitrogens with zero attached hydrogens (tertiary/aromatic N) is 2. The molecule has 108 valence electrons. The Kier molecular flexibility index (Phi) is 6.56. The largest absolute Gasteiger partial charge is 0.480 e. The van der Waals surface area contributed by atoms with E-state index < -0.39 is 0 Å². The van der Waals surface area contributed by atoms with Gasteiger partial charge < -0.3 is 15.2 Å². The van der Waals surface area contributed by atoms with E-state index >= 15 is 0 Å². The molecule has 5 nitrogen and oxygen atoms in total. The van der Waals surface area contributed by atoms with Crippen LogP contribution in [0.5, 0.6) is 11.8 Å². The van der Waals surface area contributed by atoms with Gasteiger partial charge in [0.15, 0.2) is 0 Å². The first kappa shape index (κ1) is 15.7. The van der Waals surface area contributed by atoms with Crippen LogP contribution in [0.4, 0.5) is 0 Å². The molecule has 1 rings (SSSR count). The number of hydrogen-bond acceptors (Lipinski definition) is 5. The van der Waals surface area contributed by atoms with Gasteiger partial charge in [0.05, 0.1) is 26.5 Å². The highest BCUT2D eigenvalue weighted by Crippen LogP contribution is 2.30. The SMILES string of the molecule is CCCCC(CC)C(N)c1ncc(OC)nc1OC. The van der Waals surface area contributed by atoms with Crippen LogP contribution in [0.25, 0.3) is 0 Å². The van der Waals surface area contributed by atoms with Gasteiger partial charge in [0.1, 0.15) is 5.69 Å². The lowest BCUT2D eigenvalue weighted by Gasteiger charge is -2.23. The second-order valence-electron chi connectivity index (χ2n) is 4.64. The molecule has 0 fully saturated rings. The Hall–Kier alpha value is -1.36. The summed E-state index contributed by atoms with van der Waals surface area (Å²) < 4.78 is 10.3. The maximum absolute atomic E-state index is 6.34. The molecule has 0 amide bonds. The van der Waals surface area contributed by atoms with Crippen LogP contribution in [0.3, 0.4) is 0 Å². The van der Waals surface area contributed by atoms with Crippen molar-refractivity contribution in [2.24, 2.45) is 11.7 Å². The molecule has 5 heteroatoms. The van der Waals surface area contributed by atoms with E-state index in [0.717, 1.165) is 12.8 Å². The molecule has 2 atom stereocenters. The summed E-state index contributed by atoms with van der Waals surface area (Å²) in [5, 5.41) is 0. The third kappa shape index (κ3) is 4.06. The lowest BCUT2D eigenvalue weighted by atomic mass is 9.90. The van der Waals surface area contributed by atoms with Crippen LogP contribution in [-0.2, 0) is 0 Å². The van der Waals surface area contributed by atoms with E-state index in [-0.39, 0.29) is 6.04 Å². The molecular weight excluding hydrogens is 242 g/mol. The zero-order valence-corrected chi connectivity index (χ0v) is 12.3. The highest BCUT2D eigenvalue weighted by molar-refractivity contribution is 5.25. The van der Waals surface area contributed by atoms with Crippen molar-refractivity contribution in [2.45, 2.75) is 45.6 Å². The molecule has 0 aliphatic carbocycles. The molecule has 0 spiro atoms. The van der Waals surface area contributed by atoms with Crippen molar-refractivity contribution >= 4 is 0 Å². The normalized spacial score (nSPS) is 13.9. The summed E-state index contributed by atoms with van der Waals surface area (Å²) in [5.41, 5.74) is 7.05. The maximum Gasteiger partial charge on any atom is 0.240 e. The lowest BCUT2D eigenvalue weighted by molar-refractivity contribution is 0.329. The Morgan fingerprint density at radius 1 is 1.26 bits per heavy atom. The second-order valence-corrected chi connectivity index (χ2v) is 4.64. The fourth-order valence-corrected chi connectivity index (χ4v) is 2.17. The number of nitrogens with two attached hydrogens (primary N) is 1. The van der Waals surface area contributed by atoms with Gasteiger partial charge in [0.25, 0.3) is 0 Å². The van der Waals surface area contributed by atoms with Crippen LogP contribution < -0.4 is 15.2 Å². The zero-order valence-electron chi connectivity index (χ0n) is 12.3. The van der Waals surface area contributed by atoms with Gasteiger partial charge in [-0.05, 0) is 12.3 Å². The predicted octanol–water partition coefficient (Wildman–Crippen LogP) is 2.71. The monoisotopic (exact) mass is 267 g/mol. The molecule has 1 aromatic rings. The summed E-state index contributed by atoms with van der Waals surface area (Å²) in [6, 6.07) is -0.148. The van der Waals surface area contributed by atoms with Crippen molar-refractivity contribution < 1.29 is 9.47 Å². The summed E-state index contributed by atoms with van der Waals surface area (Å²) in [5.74, 6) is 1.30. The average Bonchev–Trinajstić information content (AvgIpc) is 2.46. The minimum Gasteiger partial charge on any atom is -0.480 e. The number of hydrogen-bond donors (Lipinski definition) is 1. The Balaban J connectivity index is 2.93. The van der Waals surface area contributed by atoms with Crippen molar-refractivity contribution in [1.29, 1.82) is 0 Å². The molecule has 2 N–H and O–H groups in total. The van der Waals surface area contributed by atoms with Gasteiger partial charge in [-0.15, -0.1) is 0 Å². The Labute approximate surface area is 115 Å². The van der Waals surface area contributed by atoms with Crippen LogP contribution >= 0.6 is 0 Å². The van der Waals surface area contributed by atoms with Crippen LogP contribution in [0.15, 0.2) is 6.20 Å². The van der Waals surface area contributed by atoms with Crippen molar-refractivity contribution in [2.75, 3.05) is 14.2 Å².